The zero-order valence-corrected chi connectivity index (χ0v) is 17.8. The highest BCUT2D eigenvalue weighted by Gasteiger charge is 2.40. The molecule has 1 amide bonds. The Balaban J connectivity index is 1.15. The molecule has 1 aromatic rings. The molecule has 2 aliphatic heterocycles. The minimum atomic E-state index is 0.0141. The van der Waals surface area contributed by atoms with Gasteiger partial charge in [-0.15, -0.1) is 0 Å². The molecular weight excluding hydrogens is 362 g/mol. The van der Waals surface area contributed by atoms with Crippen LogP contribution in [0.25, 0.3) is 0 Å². The fraction of sp³-hybridized carbons (Fsp3) is 0.720. The first kappa shape index (κ1) is 20.9. The van der Waals surface area contributed by atoms with Crippen LogP contribution in [0.4, 0.5) is 0 Å². The molecule has 1 unspecified atom stereocenters. The van der Waals surface area contributed by atoms with Crippen molar-refractivity contribution in [3.63, 3.8) is 0 Å². The van der Waals surface area contributed by atoms with Gasteiger partial charge in [-0.05, 0) is 75.2 Å². The van der Waals surface area contributed by atoms with Gasteiger partial charge >= 0.3 is 0 Å². The van der Waals surface area contributed by atoms with E-state index in [-0.39, 0.29) is 5.60 Å². The molecule has 3 fully saturated rings. The number of likely N-dealkylation sites (tertiary alicyclic amines) is 1. The van der Waals surface area contributed by atoms with Crippen molar-refractivity contribution in [2.75, 3.05) is 32.9 Å². The summed E-state index contributed by atoms with van der Waals surface area (Å²) in [6, 6.07) is 10.5. The van der Waals surface area contributed by atoms with E-state index in [0.29, 0.717) is 12.3 Å². The van der Waals surface area contributed by atoms with E-state index < -0.39 is 0 Å². The SMILES string of the molecule is O=C(CCCc1ccccc1)N1CCC2(CC1)CC(CCOCC1CC1)CCO2. The average Bonchev–Trinajstić information content (AvgIpc) is 3.57. The fourth-order valence-electron chi connectivity index (χ4n) is 4.92. The van der Waals surface area contributed by atoms with Gasteiger partial charge in [-0.1, -0.05) is 30.3 Å². The molecule has 1 atom stereocenters. The van der Waals surface area contributed by atoms with Crippen molar-refractivity contribution >= 4 is 5.91 Å². The Labute approximate surface area is 175 Å². The van der Waals surface area contributed by atoms with E-state index in [1.165, 1.54) is 24.8 Å². The number of carbonyl (C=O) groups excluding carboxylic acids is 1. The summed E-state index contributed by atoms with van der Waals surface area (Å²) in [6.45, 7) is 4.46. The van der Waals surface area contributed by atoms with Crippen molar-refractivity contribution in [2.24, 2.45) is 11.8 Å². The predicted molar refractivity (Wildman–Crippen MR) is 115 cm³/mol. The highest BCUT2D eigenvalue weighted by Crippen LogP contribution is 2.39. The van der Waals surface area contributed by atoms with E-state index in [2.05, 4.69) is 29.2 Å². The Morgan fingerprint density at radius 2 is 1.90 bits per heavy atom. The minimum absolute atomic E-state index is 0.0141. The molecule has 29 heavy (non-hydrogen) atoms. The summed E-state index contributed by atoms with van der Waals surface area (Å²) in [6.07, 6.45) is 10.8. The third-order valence-corrected chi connectivity index (χ3v) is 7.04. The molecular formula is C25H37NO3. The number of hydrogen-bond donors (Lipinski definition) is 0. The average molecular weight is 400 g/mol. The van der Waals surface area contributed by atoms with Crippen LogP contribution in [-0.4, -0.2) is 49.3 Å². The second-order valence-electron chi connectivity index (χ2n) is 9.42. The van der Waals surface area contributed by atoms with Crippen molar-refractivity contribution in [2.45, 2.75) is 69.8 Å². The highest BCUT2D eigenvalue weighted by molar-refractivity contribution is 5.76. The van der Waals surface area contributed by atoms with E-state index >= 15 is 0 Å². The van der Waals surface area contributed by atoms with Gasteiger partial charge in [0, 0.05) is 39.3 Å². The van der Waals surface area contributed by atoms with Crippen LogP contribution in [-0.2, 0) is 20.7 Å². The zero-order valence-electron chi connectivity index (χ0n) is 17.8. The van der Waals surface area contributed by atoms with Gasteiger partial charge in [0.1, 0.15) is 0 Å². The summed E-state index contributed by atoms with van der Waals surface area (Å²) in [4.78, 5) is 14.7. The molecule has 1 aromatic carbocycles. The molecule has 1 aliphatic carbocycles. The molecule has 2 saturated heterocycles. The Hall–Kier alpha value is -1.39. The lowest BCUT2D eigenvalue weighted by Crippen LogP contribution is -2.50. The van der Waals surface area contributed by atoms with Gasteiger partial charge in [0.15, 0.2) is 0 Å². The topological polar surface area (TPSA) is 38.8 Å². The number of piperidine rings is 1. The maximum atomic E-state index is 12.6. The molecule has 1 saturated carbocycles. The first-order chi connectivity index (χ1) is 14.2. The van der Waals surface area contributed by atoms with Gasteiger partial charge in [0.05, 0.1) is 5.60 Å². The van der Waals surface area contributed by atoms with Crippen molar-refractivity contribution in [1.82, 2.24) is 4.90 Å². The molecule has 3 aliphatic rings. The Kier molecular flexibility index (Phi) is 7.25. The maximum absolute atomic E-state index is 12.6. The van der Waals surface area contributed by atoms with E-state index in [1.54, 1.807) is 0 Å². The standard InChI is InChI=1S/C25H37NO3/c27-24(8-4-7-21-5-2-1-3-6-21)26-15-13-25(14-16-26)19-22(12-18-29-25)11-17-28-20-23-9-10-23/h1-3,5-6,22-23H,4,7-20H2. The zero-order chi connectivity index (χ0) is 19.9. The van der Waals surface area contributed by atoms with Gasteiger partial charge in [0.2, 0.25) is 5.91 Å². The second kappa shape index (κ2) is 10.1. The Morgan fingerprint density at radius 3 is 2.66 bits per heavy atom. The minimum Gasteiger partial charge on any atom is -0.381 e. The van der Waals surface area contributed by atoms with Crippen LogP contribution in [0.5, 0.6) is 0 Å². The van der Waals surface area contributed by atoms with Gasteiger partial charge in [-0.2, -0.15) is 0 Å². The molecule has 4 rings (SSSR count). The van der Waals surface area contributed by atoms with Gasteiger partial charge in [-0.3, -0.25) is 4.79 Å². The van der Waals surface area contributed by atoms with Crippen molar-refractivity contribution in [3.8, 4) is 0 Å². The summed E-state index contributed by atoms with van der Waals surface area (Å²) < 4.78 is 12.1. The molecule has 4 nitrogen and oxygen atoms in total. The smallest absolute Gasteiger partial charge is 0.222 e. The van der Waals surface area contributed by atoms with E-state index in [1.807, 2.05) is 6.07 Å². The maximum Gasteiger partial charge on any atom is 0.222 e. The monoisotopic (exact) mass is 399 g/mol. The summed E-state index contributed by atoms with van der Waals surface area (Å²) in [5.74, 6) is 1.89. The first-order valence-corrected chi connectivity index (χ1v) is 11.8. The third kappa shape index (κ3) is 6.29. The van der Waals surface area contributed by atoms with Crippen LogP contribution in [0.3, 0.4) is 0 Å². The molecule has 0 radical (unpaired) electrons. The molecule has 1 spiro atoms. The Bertz CT molecular complexity index is 635. The number of nitrogens with zero attached hydrogens (tertiary/aromatic N) is 1. The van der Waals surface area contributed by atoms with Crippen LogP contribution in [0, 0.1) is 11.8 Å². The number of amides is 1. The van der Waals surface area contributed by atoms with Gasteiger partial charge < -0.3 is 14.4 Å². The normalized spacial score (nSPS) is 24.0. The lowest BCUT2D eigenvalue weighted by molar-refractivity contribution is -0.148. The van der Waals surface area contributed by atoms with Crippen LogP contribution in [0.15, 0.2) is 30.3 Å². The quantitative estimate of drug-likeness (QED) is 0.569. The van der Waals surface area contributed by atoms with E-state index in [0.717, 1.165) is 83.3 Å². The number of rotatable bonds is 9. The molecule has 4 heteroatoms. The van der Waals surface area contributed by atoms with Crippen LogP contribution >= 0.6 is 0 Å². The van der Waals surface area contributed by atoms with E-state index in [4.69, 9.17) is 9.47 Å². The highest BCUT2D eigenvalue weighted by atomic mass is 16.5. The summed E-state index contributed by atoms with van der Waals surface area (Å²) in [7, 11) is 0. The number of benzene rings is 1. The summed E-state index contributed by atoms with van der Waals surface area (Å²) in [5.41, 5.74) is 1.33. The fourth-order valence-corrected chi connectivity index (χ4v) is 4.92. The Morgan fingerprint density at radius 1 is 1.10 bits per heavy atom. The molecule has 2 heterocycles. The molecule has 160 valence electrons. The largest absolute Gasteiger partial charge is 0.381 e. The summed E-state index contributed by atoms with van der Waals surface area (Å²) >= 11 is 0. The van der Waals surface area contributed by atoms with Crippen molar-refractivity contribution in [1.29, 1.82) is 0 Å². The molecule has 0 aromatic heterocycles. The second-order valence-corrected chi connectivity index (χ2v) is 9.42. The van der Waals surface area contributed by atoms with E-state index in [9.17, 15) is 4.79 Å². The third-order valence-electron chi connectivity index (χ3n) is 7.04. The predicted octanol–water partition coefficient (Wildman–Crippen LogP) is 4.61. The lowest BCUT2D eigenvalue weighted by Gasteiger charge is -2.46. The number of hydrogen-bond acceptors (Lipinski definition) is 3. The van der Waals surface area contributed by atoms with Crippen LogP contribution < -0.4 is 0 Å². The molecule has 0 bridgehead atoms. The van der Waals surface area contributed by atoms with Gasteiger partial charge in [-0.25, -0.2) is 0 Å². The number of aryl methyl sites for hydroxylation is 1. The number of ether oxygens (including phenoxy) is 2. The van der Waals surface area contributed by atoms with Crippen LogP contribution in [0.1, 0.15) is 63.4 Å². The van der Waals surface area contributed by atoms with Crippen LogP contribution in [0.2, 0.25) is 0 Å². The van der Waals surface area contributed by atoms with Gasteiger partial charge in [0.25, 0.3) is 0 Å². The van der Waals surface area contributed by atoms with Crippen molar-refractivity contribution < 1.29 is 14.3 Å². The lowest BCUT2D eigenvalue weighted by atomic mass is 9.78. The number of carbonyl (C=O) groups is 1. The summed E-state index contributed by atoms with van der Waals surface area (Å²) in [5, 5.41) is 0. The molecule has 0 N–H and O–H groups in total. The van der Waals surface area contributed by atoms with Crippen molar-refractivity contribution in [3.05, 3.63) is 35.9 Å². The first-order valence-electron chi connectivity index (χ1n) is 11.8.